The van der Waals surface area contributed by atoms with E-state index in [9.17, 15) is 5.11 Å². The maximum atomic E-state index is 11.7. The lowest BCUT2D eigenvalue weighted by molar-refractivity contribution is -0.0318. The first kappa shape index (κ1) is 15.2. The van der Waals surface area contributed by atoms with Crippen LogP contribution >= 0.6 is 0 Å². The van der Waals surface area contributed by atoms with Gasteiger partial charge in [0, 0.05) is 29.8 Å². The number of hydrogen-bond donors (Lipinski definition) is 1. The fourth-order valence-corrected chi connectivity index (χ4v) is 3.59. The zero-order valence-corrected chi connectivity index (χ0v) is 13.9. The molecule has 2 aromatic rings. The quantitative estimate of drug-likeness (QED) is 0.940. The first-order valence-electron chi connectivity index (χ1n) is 8.63. The van der Waals surface area contributed by atoms with Crippen LogP contribution in [0.5, 0.6) is 5.75 Å². The lowest BCUT2D eigenvalue weighted by Gasteiger charge is -2.37. The van der Waals surface area contributed by atoms with Crippen LogP contribution in [0.3, 0.4) is 0 Å². The van der Waals surface area contributed by atoms with Crippen molar-refractivity contribution >= 4 is 5.84 Å². The first-order valence-corrected chi connectivity index (χ1v) is 8.63. The molecule has 0 bridgehead atoms. The molecule has 2 aliphatic heterocycles. The summed E-state index contributed by atoms with van der Waals surface area (Å²) in [5.41, 5.74) is 1.64. The maximum absolute atomic E-state index is 11.7. The number of aliphatic hydroxyl groups is 1. The topological polar surface area (TPSA) is 45.1 Å². The normalized spacial score (nSPS) is 21.9. The molecule has 0 aliphatic carbocycles. The van der Waals surface area contributed by atoms with E-state index in [1.807, 2.05) is 53.4 Å². The Morgan fingerprint density at radius 2 is 1.96 bits per heavy atom. The second kappa shape index (κ2) is 5.95. The van der Waals surface area contributed by atoms with Crippen molar-refractivity contribution in [3.8, 4) is 5.75 Å². The molecule has 0 amide bonds. The number of rotatable bonds is 4. The standard InChI is InChI=1S/C20H22N2O2/c1-2-14-24-16-10-8-15(9-11-16)20(23)18-7-4-3-6-17(18)19-21-12-5-13-22(19)20/h3-4,6-11,23H,2,5,12-14H2,1H3. The molecule has 0 saturated carbocycles. The van der Waals surface area contributed by atoms with Crippen LogP contribution in [0, 0.1) is 0 Å². The van der Waals surface area contributed by atoms with Crippen LogP contribution in [0.1, 0.15) is 36.5 Å². The zero-order valence-electron chi connectivity index (χ0n) is 13.9. The number of nitrogens with zero attached hydrogens (tertiary/aromatic N) is 2. The fraction of sp³-hybridized carbons (Fsp3) is 0.350. The van der Waals surface area contributed by atoms with Crippen molar-refractivity contribution < 1.29 is 9.84 Å². The van der Waals surface area contributed by atoms with E-state index in [4.69, 9.17) is 4.74 Å². The Hall–Kier alpha value is -2.33. The molecule has 4 heteroatoms. The van der Waals surface area contributed by atoms with E-state index in [0.717, 1.165) is 54.2 Å². The monoisotopic (exact) mass is 322 g/mol. The predicted octanol–water partition coefficient (Wildman–Crippen LogP) is 3.13. The Bertz CT molecular complexity index is 769. The van der Waals surface area contributed by atoms with Gasteiger partial charge in [-0.15, -0.1) is 0 Å². The Kier molecular flexibility index (Phi) is 3.77. The van der Waals surface area contributed by atoms with E-state index in [2.05, 4.69) is 11.9 Å². The second-order valence-corrected chi connectivity index (χ2v) is 6.30. The van der Waals surface area contributed by atoms with E-state index < -0.39 is 5.72 Å². The molecule has 1 atom stereocenters. The lowest BCUT2D eigenvalue weighted by atomic mass is 9.93. The minimum Gasteiger partial charge on any atom is -0.494 e. The van der Waals surface area contributed by atoms with Gasteiger partial charge < -0.3 is 14.7 Å². The van der Waals surface area contributed by atoms with Crippen LogP contribution in [0.2, 0.25) is 0 Å². The second-order valence-electron chi connectivity index (χ2n) is 6.30. The molecule has 0 spiro atoms. The van der Waals surface area contributed by atoms with Gasteiger partial charge >= 0.3 is 0 Å². The number of hydrogen-bond acceptors (Lipinski definition) is 4. The van der Waals surface area contributed by atoms with Crippen molar-refractivity contribution in [3.63, 3.8) is 0 Å². The van der Waals surface area contributed by atoms with Gasteiger partial charge in [-0.1, -0.05) is 43.3 Å². The molecule has 124 valence electrons. The van der Waals surface area contributed by atoms with Gasteiger partial charge in [0.2, 0.25) is 0 Å². The lowest BCUT2D eigenvalue weighted by Crippen LogP contribution is -2.47. The van der Waals surface area contributed by atoms with Gasteiger partial charge in [0.15, 0.2) is 5.72 Å². The molecule has 2 aromatic carbocycles. The molecule has 0 radical (unpaired) electrons. The van der Waals surface area contributed by atoms with Gasteiger partial charge in [-0.05, 0) is 25.0 Å². The van der Waals surface area contributed by atoms with Gasteiger partial charge in [-0.3, -0.25) is 4.99 Å². The highest BCUT2D eigenvalue weighted by atomic mass is 16.5. The third-order valence-corrected chi connectivity index (χ3v) is 4.72. The molecule has 4 nitrogen and oxygen atoms in total. The minimum absolute atomic E-state index is 0.704. The van der Waals surface area contributed by atoms with E-state index in [1.54, 1.807) is 0 Å². The third kappa shape index (κ3) is 2.21. The highest BCUT2D eigenvalue weighted by Crippen LogP contribution is 2.43. The summed E-state index contributed by atoms with van der Waals surface area (Å²) < 4.78 is 5.66. The molecule has 24 heavy (non-hydrogen) atoms. The first-order chi connectivity index (χ1) is 11.7. The Morgan fingerprint density at radius 1 is 1.17 bits per heavy atom. The summed E-state index contributed by atoms with van der Waals surface area (Å²) in [7, 11) is 0. The highest BCUT2D eigenvalue weighted by Gasteiger charge is 2.48. The van der Waals surface area contributed by atoms with Crippen LogP contribution in [-0.4, -0.2) is 35.5 Å². The van der Waals surface area contributed by atoms with Crippen molar-refractivity contribution in [1.82, 2.24) is 4.90 Å². The zero-order chi connectivity index (χ0) is 16.6. The molecule has 0 aromatic heterocycles. The Morgan fingerprint density at radius 3 is 2.75 bits per heavy atom. The van der Waals surface area contributed by atoms with Crippen LogP contribution in [0.4, 0.5) is 0 Å². The Balaban J connectivity index is 1.78. The van der Waals surface area contributed by atoms with Crippen molar-refractivity contribution in [2.24, 2.45) is 4.99 Å². The summed E-state index contributed by atoms with van der Waals surface area (Å²) in [5.74, 6) is 1.74. The van der Waals surface area contributed by atoms with Crippen LogP contribution in [0.15, 0.2) is 53.5 Å². The molecular formula is C20H22N2O2. The number of fused-ring (bicyclic) bond motifs is 3. The fourth-order valence-electron chi connectivity index (χ4n) is 3.59. The van der Waals surface area contributed by atoms with Crippen LogP contribution in [-0.2, 0) is 5.72 Å². The number of amidine groups is 1. The molecule has 1 N–H and O–H groups in total. The minimum atomic E-state index is -1.15. The van der Waals surface area contributed by atoms with E-state index >= 15 is 0 Å². The number of ether oxygens (including phenoxy) is 1. The molecule has 2 heterocycles. The summed E-state index contributed by atoms with van der Waals surface area (Å²) in [6.45, 7) is 4.41. The average molecular weight is 322 g/mol. The largest absolute Gasteiger partial charge is 0.494 e. The molecule has 2 aliphatic rings. The number of aliphatic imine (C=N–C) groups is 1. The van der Waals surface area contributed by atoms with Crippen molar-refractivity contribution in [2.45, 2.75) is 25.5 Å². The summed E-state index contributed by atoms with van der Waals surface area (Å²) in [4.78, 5) is 6.70. The average Bonchev–Trinajstić information content (AvgIpc) is 2.91. The van der Waals surface area contributed by atoms with Gasteiger partial charge in [0.05, 0.1) is 6.61 Å². The van der Waals surface area contributed by atoms with Gasteiger partial charge in [0.1, 0.15) is 11.6 Å². The molecule has 0 saturated heterocycles. The molecule has 4 rings (SSSR count). The van der Waals surface area contributed by atoms with Gasteiger partial charge in [-0.2, -0.15) is 0 Å². The number of benzene rings is 2. The summed E-state index contributed by atoms with van der Waals surface area (Å²) in [6.07, 6.45) is 1.93. The molecular weight excluding hydrogens is 300 g/mol. The maximum Gasteiger partial charge on any atom is 0.193 e. The van der Waals surface area contributed by atoms with Crippen LogP contribution < -0.4 is 4.74 Å². The van der Waals surface area contributed by atoms with E-state index in [1.165, 1.54) is 0 Å². The van der Waals surface area contributed by atoms with E-state index in [0.29, 0.717) is 6.61 Å². The smallest absolute Gasteiger partial charge is 0.193 e. The SMILES string of the molecule is CCCOc1ccc(C2(O)c3ccccc3C3=NCCCN32)cc1. The summed E-state index contributed by atoms with van der Waals surface area (Å²) in [5, 5.41) is 11.7. The van der Waals surface area contributed by atoms with Crippen molar-refractivity contribution in [3.05, 3.63) is 65.2 Å². The summed E-state index contributed by atoms with van der Waals surface area (Å²) >= 11 is 0. The van der Waals surface area contributed by atoms with Crippen LogP contribution in [0.25, 0.3) is 0 Å². The van der Waals surface area contributed by atoms with E-state index in [-0.39, 0.29) is 0 Å². The molecule has 0 fully saturated rings. The van der Waals surface area contributed by atoms with Gasteiger partial charge in [0.25, 0.3) is 0 Å². The predicted molar refractivity (Wildman–Crippen MR) is 94.4 cm³/mol. The third-order valence-electron chi connectivity index (χ3n) is 4.72. The Labute approximate surface area is 142 Å². The van der Waals surface area contributed by atoms with Crippen molar-refractivity contribution in [2.75, 3.05) is 19.7 Å². The van der Waals surface area contributed by atoms with Crippen molar-refractivity contribution in [1.29, 1.82) is 0 Å². The molecule has 1 unspecified atom stereocenters. The highest BCUT2D eigenvalue weighted by molar-refractivity contribution is 6.04. The summed E-state index contributed by atoms with van der Waals surface area (Å²) in [6, 6.07) is 15.8. The van der Waals surface area contributed by atoms with Gasteiger partial charge in [-0.25, -0.2) is 0 Å².